The van der Waals surface area contributed by atoms with E-state index in [-0.39, 0.29) is 17.3 Å². The van der Waals surface area contributed by atoms with E-state index in [1.54, 1.807) is 12.1 Å². The van der Waals surface area contributed by atoms with E-state index < -0.39 is 0 Å². The summed E-state index contributed by atoms with van der Waals surface area (Å²) in [6.45, 7) is 5.41. The van der Waals surface area contributed by atoms with Crippen molar-refractivity contribution in [3.8, 4) is 5.75 Å². The molecule has 1 atom stereocenters. The SMILES string of the molecule is CCCNC(c1ccc(OC)c(F)c1)C1(CC)CCCC1. The number of hydrogen-bond acceptors (Lipinski definition) is 2. The first-order chi connectivity index (χ1) is 10.2. The third-order valence-electron chi connectivity index (χ3n) is 5.02. The van der Waals surface area contributed by atoms with Gasteiger partial charge in [-0.15, -0.1) is 0 Å². The van der Waals surface area contributed by atoms with E-state index in [9.17, 15) is 4.39 Å². The first-order valence-electron chi connectivity index (χ1n) is 8.23. The van der Waals surface area contributed by atoms with Crippen LogP contribution in [0.5, 0.6) is 5.75 Å². The second-order valence-electron chi connectivity index (χ2n) is 6.20. The van der Waals surface area contributed by atoms with Gasteiger partial charge in [-0.2, -0.15) is 0 Å². The maximum atomic E-state index is 14.1. The molecule has 1 aromatic rings. The number of halogens is 1. The standard InChI is InChI=1S/C18H28FNO/c1-4-12-20-17(18(5-2)10-6-7-11-18)14-8-9-16(21-3)15(19)13-14/h8-9,13,17,20H,4-7,10-12H2,1-3H3. The first kappa shape index (κ1) is 16.3. The second kappa shape index (κ2) is 7.26. The fourth-order valence-electron chi connectivity index (χ4n) is 3.76. The summed E-state index contributed by atoms with van der Waals surface area (Å²) in [4.78, 5) is 0. The number of rotatable bonds is 7. The molecule has 1 aliphatic rings. The maximum absolute atomic E-state index is 14.1. The summed E-state index contributed by atoms with van der Waals surface area (Å²) in [7, 11) is 1.51. The van der Waals surface area contributed by atoms with E-state index >= 15 is 0 Å². The highest BCUT2D eigenvalue weighted by Crippen LogP contribution is 2.50. The van der Waals surface area contributed by atoms with Gasteiger partial charge in [0.05, 0.1) is 7.11 Å². The van der Waals surface area contributed by atoms with Crippen molar-refractivity contribution in [3.63, 3.8) is 0 Å². The molecule has 0 spiro atoms. The van der Waals surface area contributed by atoms with E-state index in [4.69, 9.17) is 4.74 Å². The zero-order valence-corrected chi connectivity index (χ0v) is 13.5. The Balaban J connectivity index is 2.33. The summed E-state index contributed by atoms with van der Waals surface area (Å²) in [6.07, 6.45) is 7.28. The number of methoxy groups -OCH3 is 1. The topological polar surface area (TPSA) is 21.3 Å². The number of hydrogen-bond donors (Lipinski definition) is 1. The van der Waals surface area contributed by atoms with E-state index in [1.165, 1.54) is 32.8 Å². The lowest BCUT2D eigenvalue weighted by Crippen LogP contribution is -2.36. The molecule has 1 aliphatic carbocycles. The van der Waals surface area contributed by atoms with Crippen LogP contribution in [-0.2, 0) is 0 Å². The zero-order valence-electron chi connectivity index (χ0n) is 13.5. The molecule has 1 saturated carbocycles. The normalized spacial score (nSPS) is 18.7. The van der Waals surface area contributed by atoms with Crippen molar-refractivity contribution < 1.29 is 9.13 Å². The zero-order chi connectivity index (χ0) is 15.3. The van der Waals surface area contributed by atoms with E-state index in [0.717, 1.165) is 24.9 Å². The van der Waals surface area contributed by atoms with Crippen LogP contribution in [0.1, 0.15) is 64.0 Å². The van der Waals surface area contributed by atoms with Crippen molar-refractivity contribution in [2.45, 2.75) is 58.4 Å². The molecule has 0 bridgehead atoms. The van der Waals surface area contributed by atoms with Crippen LogP contribution in [0.2, 0.25) is 0 Å². The third-order valence-corrected chi connectivity index (χ3v) is 5.02. The van der Waals surface area contributed by atoms with Crippen LogP contribution in [0, 0.1) is 11.2 Å². The average molecular weight is 293 g/mol. The Labute approximate surface area is 128 Å². The molecule has 0 amide bonds. The van der Waals surface area contributed by atoms with Gasteiger partial charge in [-0.05, 0) is 55.3 Å². The summed E-state index contributed by atoms with van der Waals surface area (Å²) in [5.74, 6) is 0.0625. The lowest BCUT2D eigenvalue weighted by Gasteiger charge is -2.38. The molecule has 0 saturated heterocycles. The largest absolute Gasteiger partial charge is 0.494 e. The summed E-state index contributed by atoms with van der Waals surface area (Å²) >= 11 is 0. The van der Waals surface area contributed by atoms with Crippen molar-refractivity contribution in [1.29, 1.82) is 0 Å². The Hall–Kier alpha value is -1.09. The van der Waals surface area contributed by atoms with Gasteiger partial charge in [0.25, 0.3) is 0 Å². The molecular formula is C18H28FNO. The molecule has 21 heavy (non-hydrogen) atoms. The smallest absolute Gasteiger partial charge is 0.165 e. The summed E-state index contributed by atoms with van der Waals surface area (Å²) in [6, 6.07) is 5.67. The van der Waals surface area contributed by atoms with Gasteiger partial charge in [-0.25, -0.2) is 4.39 Å². The van der Waals surface area contributed by atoms with Crippen molar-refractivity contribution in [3.05, 3.63) is 29.6 Å². The van der Waals surface area contributed by atoms with Gasteiger partial charge in [0.2, 0.25) is 0 Å². The maximum Gasteiger partial charge on any atom is 0.165 e. The summed E-state index contributed by atoms with van der Waals surface area (Å²) in [5, 5.41) is 3.68. The highest BCUT2D eigenvalue weighted by atomic mass is 19.1. The molecule has 0 heterocycles. The molecule has 2 rings (SSSR count). The number of ether oxygens (including phenoxy) is 1. The van der Waals surface area contributed by atoms with Crippen molar-refractivity contribution in [2.75, 3.05) is 13.7 Å². The van der Waals surface area contributed by atoms with Crippen LogP contribution >= 0.6 is 0 Å². The Morgan fingerprint density at radius 2 is 2.00 bits per heavy atom. The van der Waals surface area contributed by atoms with Crippen molar-refractivity contribution in [2.24, 2.45) is 5.41 Å². The minimum atomic E-state index is -0.262. The number of nitrogens with one attached hydrogen (secondary N) is 1. The fraction of sp³-hybridized carbons (Fsp3) is 0.667. The molecular weight excluding hydrogens is 265 g/mol. The van der Waals surface area contributed by atoms with Crippen LogP contribution in [0.15, 0.2) is 18.2 Å². The molecule has 118 valence electrons. The minimum absolute atomic E-state index is 0.241. The van der Waals surface area contributed by atoms with Crippen LogP contribution in [0.4, 0.5) is 4.39 Å². The van der Waals surface area contributed by atoms with E-state index in [2.05, 4.69) is 19.2 Å². The lowest BCUT2D eigenvalue weighted by molar-refractivity contribution is 0.186. The molecule has 3 heteroatoms. The highest BCUT2D eigenvalue weighted by molar-refractivity contribution is 5.32. The third kappa shape index (κ3) is 3.39. The van der Waals surface area contributed by atoms with Crippen LogP contribution in [0.3, 0.4) is 0 Å². The molecule has 1 N–H and O–H groups in total. The molecule has 1 fully saturated rings. The number of benzene rings is 1. The van der Waals surface area contributed by atoms with Gasteiger partial charge in [0.1, 0.15) is 0 Å². The van der Waals surface area contributed by atoms with Gasteiger partial charge in [0, 0.05) is 6.04 Å². The Kier molecular flexibility index (Phi) is 5.63. The van der Waals surface area contributed by atoms with Crippen LogP contribution < -0.4 is 10.1 Å². The predicted molar refractivity (Wildman–Crippen MR) is 85.2 cm³/mol. The van der Waals surface area contributed by atoms with Gasteiger partial charge < -0.3 is 10.1 Å². The molecule has 0 aromatic heterocycles. The van der Waals surface area contributed by atoms with Crippen molar-refractivity contribution in [1.82, 2.24) is 5.32 Å². The van der Waals surface area contributed by atoms with E-state index in [0.29, 0.717) is 5.75 Å². The second-order valence-corrected chi connectivity index (χ2v) is 6.20. The van der Waals surface area contributed by atoms with Crippen LogP contribution in [-0.4, -0.2) is 13.7 Å². The van der Waals surface area contributed by atoms with E-state index in [1.807, 2.05) is 6.07 Å². The summed E-state index contributed by atoms with van der Waals surface area (Å²) in [5.41, 5.74) is 1.33. The summed E-state index contributed by atoms with van der Waals surface area (Å²) < 4.78 is 19.1. The van der Waals surface area contributed by atoms with Gasteiger partial charge >= 0.3 is 0 Å². The average Bonchev–Trinajstić information content (AvgIpc) is 2.98. The predicted octanol–water partition coefficient (Wildman–Crippen LogP) is 4.85. The van der Waals surface area contributed by atoms with Gasteiger partial charge in [-0.1, -0.05) is 32.8 Å². The molecule has 2 nitrogen and oxygen atoms in total. The molecule has 1 unspecified atom stereocenters. The van der Waals surface area contributed by atoms with Crippen LogP contribution in [0.25, 0.3) is 0 Å². The Morgan fingerprint density at radius 1 is 1.29 bits per heavy atom. The fourth-order valence-corrected chi connectivity index (χ4v) is 3.76. The Bertz CT molecular complexity index is 455. The molecule has 0 radical (unpaired) electrons. The minimum Gasteiger partial charge on any atom is -0.494 e. The van der Waals surface area contributed by atoms with Gasteiger partial charge in [0.15, 0.2) is 11.6 Å². The molecule has 1 aromatic carbocycles. The van der Waals surface area contributed by atoms with Gasteiger partial charge in [-0.3, -0.25) is 0 Å². The quantitative estimate of drug-likeness (QED) is 0.776. The monoisotopic (exact) mass is 293 g/mol. The first-order valence-corrected chi connectivity index (χ1v) is 8.23. The molecule has 0 aliphatic heterocycles. The van der Waals surface area contributed by atoms with Crippen molar-refractivity contribution >= 4 is 0 Å². The highest BCUT2D eigenvalue weighted by Gasteiger charge is 2.40. The lowest BCUT2D eigenvalue weighted by atomic mass is 9.73. The Morgan fingerprint density at radius 3 is 2.52 bits per heavy atom.